The molecule has 1 amide bonds. The van der Waals surface area contributed by atoms with E-state index >= 15 is 0 Å². The average molecular weight is 366 g/mol. The van der Waals surface area contributed by atoms with Gasteiger partial charge >= 0.3 is 5.97 Å². The number of carbonyl (C=O) groups is 2. The summed E-state index contributed by atoms with van der Waals surface area (Å²) in [5.74, 6) is -1.72. The first kappa shape index (κ1) is 15.8. The molecule has 0 saturated heterocycles. The van der Waals surface area contributed by atoms with Gasteiger partial charge in [0.25, 0.3) is 5.91 Å². The van der Waals surface area contributed by atoms with Crippen molar-refractivity contribution in [3.8, 4) is 11.5 Å². The highest BCUT2D eigenvalue weighted by atomic mass is 79.9. The van der Waals surface area contributed by atoms with Gasteiger partial charge in [0, 0.05) is 10.2 Å². The molecule has 2 aromatic rings. The number of amides is 1. The molecule has 0 atom stereocenters. The Hall–Kier alpha value is -2.54. The molecule has 3 N–H and O–H groups in total. The van der Waals surface area contributed by atoms with Crippen molar-refractivity contribution in [2.75, 3.05) is 12.4 Å². The maximum atomic E-state index is 12.3. The number of halogens is 1. The van der Waals surface area contributed by atoms with E-state index in [2.05, 4.69) is 21.2 Å². The number of carbonyl (C=O) groups excluding carboxylic acids is 1. The monoisotopic (exact) mass is 365 g/mol. The van der Waals surface area contributed by atoms with Gasteiger partial charge in [-0.1, -0.05) is 15.9 Å². The zero-order valence-electron chi connectivity index (χ0n) is 11.5. The summed E-state index contributed by atoms with van der Waals surface area (Å²) in [6.07, 6.45) is 0. The minimum atomic E-state index is -1.28. The van der Waals surface area contributed by atoms with Crippen molar-refractivity contribution in [1.82, 2.24) is 0 Å². The van der Waals surface area contributed by atoms with Crippen molar-refractivity contribution < 1.29 is 24.5 Å². The summed E-state index contributed by atoms with van der Waals surface area (Å²) >= 11 is 3.27. The summed E-state index contributed by atoms with van der Waals surface area (Å²) < 4.78 is 5.83. The first-order chi connectivity index (χ1) is 10.4. The zero-order valence-corrected chi connectivity index (χ0v) is 13.0. The lowest BCUT2D eigenvalue weighted by molar-refractivity contribution is 0.0693. The Kier molecular flexibility index (Phi) is 4.67. The van der Waals surface area contributed by atoms with Crippen LogP contribution in [0.5, 0.6) is 11.5 Å². The first-order valence-corrected chi connectivity index (χ1v) is 6.93. The molecule has 114 valence electrons. The van der Waals surface area contributed by atoms with Gasteiger partial charge in [-0.3, -0.25) is 4.79 Å². The number of methoxy groups -OCH3 is 1. The summed E-state index contributed by atoms with van der Waals surface area (Å²) in [6, 6.07) is 8.76. The molecule has 0 aliphatic carbocycles. The summed E-state index contributed by atoms with van der Waals surface area (Å²) in [4.78, 5) is 23.3. The second-order valence-corrected chi connectivity index (χ2v) is 5.25. The number of hydrogen-bond donors (Lipinski definition) is 3. The summed E-state index contributed by atoms with van der Waals surface area (Å²) in [6.45, 7) is 0. The van der Waals surface area contributed by atoms with Crippen molar-refractivity contribution >= 4 is 33.5 Å². The molecule has 0 radical (unpaired) electrons. The molecule has 0 saturated carbocycles. The molecule has 0 aromatic heterocycles. The van der Waals surface area contributed by atoms with E-state index in [1.165, 1.54) is 25.3 Å². The van der Waals surface area contributed by atoms with E-state index in [1.54, 1.807) is 18.2 Å². The van der Waals surface area contributed by atoms with E-state index in [-0.39, 0.29) is 17.0 Å². The number of hydrogen-bond acceptors (Lipinski definition) is 4. The molecule has 0 bridgehead atoms. The highest BCUT2D eigenvalue weighted by molar-refractivity contribution is 9.10. The van der Waals surface area contributed by atoms with E-state index in [1.807, 2.05) is 0 Å². The van der Waals surface area contributed by atoms with Crippen LogP contribution < -0.4 is 10.1 Å². The predicted molar refractivity (Wildman–Crippen MR) is 83.7 cm³/mol. The van der Waals surface area contributed by atoms with Gasteiger partial charge < -0.3 is 20.3 Å². The summed E-state index contributed by atoms with van der Waals surface area (Å²) in [5.41, 5.74) is 0.253. The van der Waals surface area contributed by atoms with Gasteiger partial charge in [0.05, 0.1) is 12.7 Å². The van der Waals surface area contributed by atoms with Crippen molar-refractivity contribution in [1.29, 1.82) is 0 Å². The third-order valence-corrected chi connectivity index (χ3v) is 3.38. The highest BCUT2D eigenvalue weighted by Crippen LogP contribution is 2.25. The Balaban J connectivity index is 2.31. The number of phenols is 1. The summed E-state index contributed by atoms with van der Waals surface area (Å²) in [5, 5.41) is 21.0. The van der Waals surface area contributed by atoms with E-state index in [4.69, 9.17) is 9.84 Å². The van der Waals surface area contributed by atoms with Crippen molar-refractivity contribution in [2.45, 2.75) is 0 Å². The number of carboxylic acid groups (broad SMARTS) is 1. The van der Waals surface area contributed by atoms with Gasteiger partial charge in [-0.25, -0.2) is 4.79 Å². The molecule has 0 spiro atoms. The molecule has 0 aliphatic heterocycles. The fourth-order valence-electron chi connectivity index (χ4n) is 1.84. The second-order valence-electron chi connectivity index (χ2n) is 4.34. The molecular formula is C15H12BrNO5. The maximum absolute atomic E-state index is 12.3. The van der Waals surface area contributed by atoms with Gasteiger partial charge in [0.15, 0.2) is 0 Å². The fourth-order valence-corrected chi connectivity index (χ4v) is 2.20. The van der Waals surface area contributed by atoms with Crippen LogP contribution in [0.25, 0.3) is 0 Å². The van der Waals surface area contributed by atoms with Crippen LogP contribution in [0.3, 0.4) is 0 Å². The third-order valence-electron chi connectivity index (χ3n) is 2.89. The molecule has 2 rings (SSSR count). The number of ether oxygens (including phenoxy) is 1. The van der Waals surface area contributed by atoms with Gasteiger partial charge in [-0.2, -0.15) is 0 Å². The standard InChI is InChI=1S/C15H12BrNO5/c1-22-13-5-2-8(16)6-11(13)14(19)17-9-3-4-12(18)10(7-9)15(20)21/h2-7,18H,1H3,(H,17,19)(H,20,21). The Morgan fingerprint density at radius 3 is 2.50 bits per heavy atom. The Morgan fingerprint density at radius 2 is 1.86 bits per heavy atom. The SMILES string of the molecule is COc1ccc(Br)cc1C(=O)Nc1ccc(O)c(C(=O)O)c1. The van der Waals surface area contributed by atoms with Crippen LogP contribution in [0.4, 0.5) is 5.69 Å². The number of aromatic carboxylic acids is 1. The molecule has 7 heteroatoms. The van der Waals surface area contributed by atoms with E-state index in [9.17, 15) is 14.7 Å². The normalized spacial score (nSPS) is 10.1. The van der Waals surface area contributed by atoms with Crippen molar-refractivity contribution in [3.05, 3.63) is 52.0 Å². The van der Waals surface area contributed by atoms with Gasteiger partial charge in [-0.15, -0.1) is 0 Å². The molecule has 0 unspecified atom stereocenters. The smallest absolute Gasteiger partial charge is 0.339 e. The van der Waals surface area contributed by atoms with E-state index < -0.39 is 11.9 Å². The molecule has 22 heavy (non-hydrogen) atoms. The van der Waals surface area contributed by atoms with Crippen molar-refractivity contribution in [2.24, 2.45) is 0 Å². The molecule has 0 fully saturated rings. The van der Waals surface area contributed by atoms with E-state index in [0.29, 0.717) is 15.8 Å². The molecule has 0 heterocycles. The quantitative estimate of drug-likeness (QED) is 0.723. The van der Waals surface area contributed by atoms with E-state index in [0.717, 1.165) is 0 Å². The number of benzene rings is 2. The van der Waals surface area contributed by atoms with Gasteiger partial charge in [0.2, 0.25) is 0 Å². The number of anilines is 1. The number of aromatic hydroxyl groups is 1. The van der Waals surface area contributed by atoms with Crippen LogP contribution >= 0.6 is 15.9 Å². The van der Waals surface area contributed by atoms with Crippen LogP contribution in [-0.4, -0.2) is 29.2 Å². The second kappa shape index (κ2) is 6.48. The van der Waals surface area contributed by atoms with Crippen LogP contribution in [0.1, 0.15) is 20.7 Å². The minimum Gasteiger partial charge on any atom is -0.507 e. The third kappa shape index (κ3) is 3.37. The largest absolute Gasteiger partial charge is 0.507 e. The van der Waals surface area contributed by atoms with Gasteiger partial charge in [-0.05, 0) is 36.4 Å². The average Bonchev–Trinajstić information content (AvgIpc) is 2.48. The minimum absolute atomic E-state index is 0.252. The molecule has 0 aliphatic rings. The number of nitrogens with one attached hydrogen (secondary N) is 1. The van der Waals surface area contributed by atoms with Crippen LogP contribution in [0.2, 0.25) is 0 Å². The Labute approximate surface area is 134 Å². The van der Waals surface area contributed by atoms with Crippen LogP contribution in [-0.2, 0) is 0 Å². The summed E-state index contributed by atoms with van der Waals surface area (Å²) in [7, 11) is 1.45. The highest BCUT2D eigenvalue weighted by Gasteiger charge is 2.15. The maximum Gasteiger partial charge on any atom is 0.339 e. The zero-order chi connectivity index (χ0) is 16.3. The Bertz CT molecular complexity index is 745. The fraction of sp³-hybridized carbons (Fsp3) is 0.0667. The number of rotatable bonds is 4. The number of carboxylic acids is 1. The lowest BCUT2D eigenvalue weighted by atomic mass is 10.1. The predicted octanol–water partition coefficient (Wildman–Crippen LogP) is 3.11. The van der Waals surface area contributed by atoms with Gasteiger partial charge in [0.1, 0.15) is 17.1 Å². The molecule has 6 nitrogen and oxygen atoms in total. The lowest BCUT2D eigenvalue weighted by Crippen LogP contribution is -2.13. The van der Waals surface area contributed by atoms with Crippen LogP contribution in [0, 0.1) is 0 Å². The topological polar surface area (TPSA) is 95.9 Å². The molecule has 2 aromatic carbocycles. The Morgan fingerprint density at radius 1 is 1.14 bits per heavy atom. The van der Waals surface area contributed by atoms with Crippen molar-refractivity contribution in [3.63, 3.8) is 0 Å². The molecular weight excluding hydrogens is 354 g/mol. The first-order valence-electron chi connectivity index (χ1n) is 6.13. The van der Waals surface area contributed by atoms with Crippen LogP contribution in [0.15, 0.2) is 40.9 Å². The lowest BCUT2D eigenvalue weighted by Gasteiger charge is -2.10.